The number of para-hydroxylation sites is 1. The fourth-order valence-corrected chi connectivity index (χ4v) is 2.22. The predicted molar refractivity (Wildman–Crippen MR) is 71.4 cm³/mol. The summed E-state index contributed by atoms with van der Waals surface area (Å²) in [7, 11) is 0. The van der Waals surface area contributed by atoms with Gasteiger partial charge >= 0.3 is 0 Å². The summed E-state index contributed by atoms with van der Waals surface area (Å²) in [6, 6.07) is 8.92. The van der Waals surface area contributed by atoms with Gasteiger partial charge in [0.1, 0.15) is 0 Å². The van der Waals surface area contributed by atoms with Crippen molar-refractivity contribution in [3.05, 3.63) is 29.8 Å². The minimum atomic E-state index is 0.271. The second-order valence-electron chi connectivity index (χ2n) is 4.74. The molecular formula is C14H22N2O. The highest BCUT2D eigenvalue weighted by molar-refractivity contribution is 5.54. The topological polar surface area (TPSA) is 38.5 Å². The van der Waals surface area contributed by atoms with Gasteiger partial charge < -0.3 is 15.4 Å². The summed E-state index contributed by atoms with van der Waals surface area (Å²) in [6.07, 6.45) is 2.10. The molecule has 2 N–H and O–H groups in total. The van der Waals surface area contributed by atoms with Crippen molar-refractivity contribution in [1.82, 2.24) is 0 Å². The van der Waals surface area contributed by atoms with Crippen LogP contribution in [0.25, 0.3) is 0 Å². The first-order chi connectivity index (χ1) is 8.27. The standard InChI is InChI=1S/C14H22N2O/c1-12(15)6-7-13-4-2-3-5-14(13)16-8-10-17-11-9-16/h2-5,12H,6-11,15H2,1H3/t12-/m1/s1. The molecule has 2 rings (SSSR count). The largest absolute Gasteiger partial charge is 0.378 e. The van der Waals surface area contributed by atoms with Crippen molar-refractivity contribution in [2.24, 2.45) is 5.73 Å². The van der Waals surface area contributed by atoms with Gasteiger partial charge in [0, 0.05) is 24.8 Å². The van der Waals surface area contributed by atoms with E-state index in [1.54, 1.807) is 0 Å². The van der Waals surface area contributed by atoms with Gasteiger partial charge in [-0.1, -0.05) is 18.2 Å². The van der Waals surface area contributed by atoms with E-state index in [2.05, 4.69) is 36.1 Å². The quantitative estimate of drug-likeness (QED) is 0.863. The molecule has 1 atom stereocenters. The summed E-state index contributed by atoms with van der Waals surface area (Å²) >= 11 is 0. The van der Waals surface area contributed by atoms with Gasteiger partial charge in [0.05, 0.1) is 13.2 Å². The molecule has 17 heavy (non-hydrogen) atoms. The van der Waals surface area contributed by atoms with Crippen molar-refractivity contribution < 1.29 is 4.74 Å². The number of ether oxygens (including phenoxy) is 1. The fraction of sp³-hybridized carbons (Fsp3) is 0.571. The van der Waals surface area contributed by atoms with E-state index in [-0.39, 0.29) is 6.04 Å². The van der Waals surface area contributed by atoms with Crippen molar-refractivity contribution in [1.29, 1.82) is 0 Å². The van der Waals surface area contributed by atoms with Crippen molar-refractivity contribution in [2.75, 3.05) is 31.2 Å². The molecular weight excluding hydrogens is 212 g/mol. The number of nitrogens with two attached hydrogens (primary N) is 1. The number of aryl methyl sites for hydroxylation is 1. The number of anilines is 1. The van der Waals surface area contributed by atoms with E-state index in [1.165, 1.54) is 11.3 Å². The molecule has 1 aromatic carbocycles. The number of rotatable bonds is 4. The van der Waals surface area contributed by atoms with E-state index in [9.17, 15) is 0 Å². The van der Waals surface area contributed by atoms with E-state index >= 15 is 0 Å². The molecule has 1 saturated heterocycles. The summed E-state index contributed by atoms with van der Waals surface area (Å²) in [5.74, 6) is 0. The number of benzene rings is 1. The number of hydrogen-bond acceptors (Lipinski definition) is 3. The monoisotopic (exact) mass is 234 g/mol. The summed E-state index contributed by atoms with van der Waals surface area (Å²) in [5.41, 5.74) is 8.60. The summed E-state index contributed by atoms with van der Waals surface area (Å²) in [6.45, 7) is 5.73. The molecule has 0 amide bonds. The van der Waals surface area contributed by atoms with Gasteiger partial charge in [0.25, 0.3) is 0 Å². The maximum absolute atomic E-state index is 5.84. The van der Waals surface area contributed by atoms with E-state index in [0.717, 1.165) is 39.1 Å². The van der Waals surface area contributed by atoms with E-state index in [4.69, 9.17) is 10.5 Å². The maximum Gasteiger partial charge on any atom is 0.0642 e. The minimum absolute atomic E-state index is 0.271. The third-order valence-electron chi connectivity index (χ3n) is 3.21. The van der Waals surface area contributed by atoms with Crippen LogP contribution in [0.15, 0.2) is 24.3 Å². The Kier molecular flexibility index (Phi) is 4.40. The number of nitrogens with zero attached hydrogens (tertiary/aromatic N) is 1. The Labute approximate surface area is 104 Å². The minimum Gasteiger partial charge on any atom is -0.378 e. The lowest BCUT2D eigenvalue weighted by atomic mass is 10.0. The molecule has 0 aromatic heterocycles. The van der Waals surface area contributed by atoms with Crippen LogP contribution in [0.2, 0.25) is 0 Å². The second kappa shape index (κ2) is 6.03. The molecule has 0 spiro atoms. The zero-order chi connectivity index (χ0) is 12.1. The van der Waals surface area contributed by atoms with E-state index in [1.807, 2.05) is 0 Å². The molecule has 0 saturated carbocycles. The molecule has 0 aliphatic carbocycles. The van der Waals surface area contributed by atoms with Crippen LogP contribution in [0.3, 0.4) is 0 Å². The van der Waals surface area contributed by atoms with Gasteiger partial charge in [0.15, 0.2) is 0 Å². The lowest BCUT2D eigenvalue weighted by Crippen LogP contribution is -2.36. The summed E-state index contributed by atoms with van der Waals surface area (Å²) in [5, 5.41) is 0. The van der Waals surface area contributed by atoms with Crippen molar-refractivity contribution >= 4 is 5.69 Å². The normalized spacial score (nSPS) is 18.1. The molecule has 94 valence electrons. The van der Waals surface area contributed by atoms with Crippen LogP contribution in [0.1, 0.15) is 18.9 Å². The van der Waals surface area contributed by atoms with Crippen LogP contribution in [-0.2, 0) is 11.2 Å². The van der Waals surface area contributed by atoms with Gasteiger partial charge in [0.2, 0.25) is 0 Å². The van der Waals surface area contributed by atoms with Gasteiger partial charge in [-0.3, -0.25) is 0 Å². The van der Waals surface area contributed by atoms with Crippen molar-refractivity contribution in [3.63, 3.8) is 0 Å². The smallest absolute Gasteiger partial charge is 0.0642 e. The van der Waals surface area contributed by atoms with Gasteiger partial charge in [-0.25, -0.2) is 0 Å². The van der Waals surface area contributed by atoms with Crippen LogP contribution in [0, 0.1) is 0 Å². The lowest BCUT2D eigenvalue weighted by molar-refractivity contribution is 0.122. The van der Waals surface area contributed by atoms with Gasteiger partial charge in [-0.15, -0.1) is 0 Å². The SMILES string of the molecule is C[C@@H](N)CCc1ccccc1N1CCOCC1. The number of morpholine rings is 1. The first kappa shape index (κ1) is 12.4. The Morgan fingerprint density at radius 2 is 2.00 bits per heavy atom. The Bertz CT molecular complexity index is 346. The first-order valence-corrected chi connectivity index (χ1v) is 6.43. The fourth-order valence-electron chi connectivity index (χ4n) is 2.22. The molecule has 3 nitrogen and oxygen atoms in total. The Morgan fingerprint density at radius 3 is 2.71 bits per heavy atom. The van der Waals surface area contributed by atoms with Crippen LogP contribution < -0.4 is 10.6 Å². The van der Waals surface area contributed by atoms with E-state index in [0.29, 0.717) is 0 Å². The molecule has 1 fully saturated rings. The average Bonchev–Trinajstić information content (AvgIpc) is 2.38. The zero-order valence-corrected chi connectivity index (χ0v) is 10.6. The van der Waals surface area contributed by atoms with Gasteiger partial charge in [-0.05, 0) is 31.4 Å². The Hall–Kier alpha value is -1.06. The highest BCUT2D eigenvalue weighted by Gasteiger charge is 2.14. The third kappa shape index (κ3) is 3.45. The molecule has 0 bridgehead atoms. The lowest BCUT2D eigenvalue weighted by Gasteiger charge is -2.30. The summed E-state index contributed by atoms with van der Waals surface area (Å²) < 4.78 is 5.40. The Balaban J connectivity index is 2.09. The number of hydrogen-bond donors (Lipinski definition) is 1. The Morgan fingerprint density at radius 1 is 1.29 bits per heavy atom. The molecule has 1 aromatic rings. The average molecular weight is 234 g/mol. The van der Waals surface area contributed by atoms with E-state index < -0.39 is 0 Å². The zero-order valence-electron chi connectivity index (χ0n) is 10.6. The molecule has 3 heteroatoms. The van der Waals surface area contributed by atoms with Crippen LogP contribution in [-0.4, -0.2) is 32.3 Å². The van der Waals surface area contributed by atoms with Crippen molar-refractivity contribution in [2.45, 2.75) is 25.8 Å². The van der Waals surface area contributed by atoms with Crippen LogP contribution >= 0.6 is 0 Å². The summed E-state index contributed by atoms with van der Waals surface area (Å²) in [4.78, 5) is 2.42. The molecule has 1 aliphatic rings. The highest BCUT2D eigenvalue weighted by atomic mass is 16.5. The third-order valence-corrected chi connectivity index (χ3v) is 3.21. The molecule has 0 radical (unpaired) electrons. The first-order valence-electron chi connectivity index (χ1n) is 6.43. The molecule has 1 heterocycles. The predicted octanol–water partition coefficient (Wildman–Crippen LogP) is 1.80. The molecule has 0 unspecified atom stereocenters. The highest BCUT2D eigenvalue weighted by Crippen LogP contribution is 2.22. The van der Waals surface area contributed by atoms with Crippen LogP contribution in [0.5, 0.6) is 0 Å². The maximum atomic E-state index is 5.84. The second-order valence-corrected chi connectivity index (χ2v) is 4.74. The van der Waals surface area contributed by atoms with Crippen LogP contribution in [0.4, 0.5) is 5.69 Å². The van der Waals surface area contributed by atoms with Crippen molar-refractivity contribution in [3.8, 4) is 0 Å². The molecule has 1 aliphatic heterocycles. The van der Waals surface area contributed by atoms with Gasteiger partial charge in [-0.2, -0.15) is 0 Å².